The van der Waals surface area contributed by atoms with Crippen LogP contribution in [0, 0.1) is 28.6 Å². The van der Waals surface area contributed by atoms with Crippen molar-refractivity contribution in [3.05, 3.63) is 0 Å². The molecule has 2 saturated carbocycles. The van der Waals surface area contributed by atoms with Crippen LogP contribution >= 0.6 is 0 Å². The number of nitrogens with zero attached hydrogens (tertiary/aromatic N) is 1. The molecule has 0 spiro atoms. The second-order valence-corrected chi connectivity index (χ2v) is 10.9. The minimum absolute atomic E-state index is 0.0289. The number of piperidine rings is 1. The molecule has 6 N–H and O–H groups in total. The number of nitrogens with one attached hydrogen (secondary N) is 1. The van der Waals surface area contributed by atoms with E-state index in [0.717, 1.165) is 12.8 Å². The van der Waals surface area contributed by atoms with Crippen molar-refractivity contribution < 1.29 is 19.5 Å². The van der Waals surface area contributed by atoms with E-state index in [4.69, 9.17) is 11.5 Å². The first-order valence-corrected chi connectivity index (χ1v) is 10.6. The zero-order valence-electron chi connectivity index (χ0n) is 18.1. The molecule has 1 aliphatic heterocycles. The lowest BCUT2D eigenvalue weighted by Crippen LogP contribution is -2.59. The van der Waals surface area contributed by atoms with Crippen molar-refractivity contribution in [2.45, 2.75) is 78.1 Å². The van der Waals surface area contributed by atoms with Gasteiger partial charge in [-0.2, -0.15) is 0 Å². The fourth-order valence-corrected chi connectivity index (χ4v) is 4.81. The fraction of sp³-hybridized carbons (Fsp3) is 0.857. The molecule has 3 aliphatic rings. The van der Waals surface area contributed by atoms with Gasteiger partial charge < -0.3 is 26.8 Å². The number of nitrogens with two attached hydrogens (primary N) is 2. The number of aliphatic hydroxyl groups is 1. The molecule has 0 aromatic carbocycles. The van der Waals surface area contributed by atoms with Gasteiger partial charge in [-0.1, -0.05) is 47.5 Å². The van der Waals surface area contributed by atoms with E-state index in [1.54, 1.807) is 4.90 Å². The Bertz CT molecular complexity index is 697. The molecule has 2 aliphatic carbocycles. The van der Waals surface area contributed by atoms with Crippen molar-refractivity contribution in [2.24, 2.45) is 40.1 Å². The normalized spacial score (nSPS) is 30.9. The number of amides is 3. The summed E-state index contributed by atoms with van der Waals surface area (Å²) in [5.41, 5.74) is 11.0. The van der Waals surface area contributed by atoms with Crippen LogP contribution in [0.4, 0.5) is 0 Å². The zero-order chi connectivity index (χ0) is 21.9. The summed E-state index contributed by atoms with van der Waals surface area (Å²) in [6.07, 6.45) is 1.11. The van der Waals surface area contributed by atoms with Crippen LogP contribution in [0.5, 0.6) is 0 Å². The van der Waals surface area contributed by atoms with E-state index in [1.807, 2.05) is 20.8 Å². The van der Waals surface area contributed by atoms with Crippen LogP contribution in [0.15, 0.2) is 0 Å². The number of rotatable bonds is 7. The van der Waals surface area contributed by atoms with Crippen molar-refractivity contribution in [3.8, 4) is 0 Å². The van der Waals surface area contributed by atoms with Crippen molar-refractivity contribution in [1.82, 2.24) is 10.2 Å². The molecule has 1 saturated heterocycles. The van der Waals surface area contributed by atoms with Crippen LogP contribution in [-0.2, 0) is 14.4 Å². The highest BCUT2D eigenvalue weighted by atomic mass is 16.3. The van der Waals surface area contributed by atoms with E-state index >= 15 is 0 Å². The van der Waals surface area contributed by atoms with E-state index < -0.39 is 35.6 Å². The van der Waals surface area contributed by atoms with Gasteiger partial charge >= 0.3 is 0 Å². The van der Waals surface area contributed by atoms with Gasteiger partial charge in [-0.25, -0.2) is 0 Å². The number of carbonyl (C=O) groups is 3. The quantitative estimate of drug-likeness (QED) is 0.469. The average Bonchev–Trinajstić information content (AvgIpc) is 3.45. The molecule has 0 aromatic heterocycles. The Kier molecular flexibility index (Phi) is 5.49. The van der Waals surface area contributed by atoms with Crippen LogP contribution < -0.4 is 16.8 Å². The lowest BCUT2D eigenvalue weighted by molar-refractivity contribution is -0.144. The second kappa shape index (κ2) is 7.23. The molecular formula is C21H36N4O4. The Hall–Kier alpha value is -1.67. The summed E-state index contributed by atoms with van der Waals surface area (Å²) in [4.78, 5) is 39.5. The largest absolute Gasteiger partial charge is 0.381 e. The molecule has 3 rings (SSSR count). The number of likely N-dealkylation sites (tertiary alicyclic amines) is 1. The van der Waals surface area contributed by atoms with Crippen LogP contribution in [-0.4, -0.2) is 58.5 Å². The molecule has 3 amide bonds. The summed E-state index contributed by atoms with van der Waals surface area (Å²) in [7, 11) is 0. The number of hydrogen-bond acceptors (Lipinski definition) is 5. The Balaban J connectivity index is 1.79. The standard InChI is InChI=1S/C21H36N4O4/c1-20(2,3)16(22)19(29)25-9-11-13(21(11,4)5)14(25)18(28)24-12(8-10-6-7-10)15(26)17(23)27/h10-16,26H,6-9,22H2,1-5H3,(H2,23,27)(H,24,28)/t11?,12?,13-,14?,15?,16+/m0/s1. The third-order valence-electron chi connectivity index (χ3n) is 7.24. The topological polar surface area (TPSA) is 139 Å². The minimum Gasteiger partial charge on any atom is -0.381 e. The molecule has 8 heteroatoms. The SMILES string of the molecule is CC(C)(C)[C@H](N)C(=O)N1CC2[C@@H](C1C(=O)NC(CC1CC1)C(O)C(N)=O)C2(C)C. The van der Waals surface area contributed by atoms with Crippen molar-refractivity contribution >= 4 is 17.7 Å². The van der Waals surface area contributed by atoms with Crippen LogP contribution in [0.1, 0.15) is 53.9 Å². The van der Waals surface area contributed by atoms with Gasteiger partial charge in [0.1, 0.15) is 6.04 Å². The monoisotopic (exact) mass is 408 g/mol. The van der Waals surface area contributed by atoms with Crippen LogP contribution in [0.3, 0.4) is 0 Å². The molecule has 4 unspecified atom stereocenters. The summed E-state index contributed by atoms with van der Waals surface area (Å²) in [5.74, 6) is -0.730. The number of fused-ring (bicyclic) bond motifs is 1. The number of hydrogen-bond donors (Lipinski definition) is 4. The van der Waals surface area contributed by atoms with E-state index in [2.05, 4.69) is 19.2 Å². The molecule has 0 aromatic rings. The highest BCUT2D eigenvalue weighted by molar-refractivity contribution is 5.92. The first-order valence-electron chi connectivity index (χ1n) is 10.6. The van der Waals surface area contributed by atoms with Crippen molar-refractivity contribution in [1.29, 1.82) is 0 Å². The van der Waals surface area contributed by atoms with E-state index in [-0.39, 0.29) is 29.1 Å². The third-order valence-corrected chi connectivity index (χ3v) is 7.24. The van der Waals surface area contributed by atoms with Gasteiger partial charge in [0, 0.05) is 6.54 Å². The molecule has 1 heterocycles. The Morgan fingerprint density at radius 1 is 1.24 bits per heavy atom. The highest BCUT2D eigenvalue weighted by Crippen LogP contribution is 2.65. The summed E-state index contributed by atoms with van der Waals surface area (Å²) in [6, 6.07) is -2.09. The number of carbonyl (C=O) groups excluding carboxylic acids is 3. The van der Waals surface area contributed by atoms with Gasteiger partial charge in [0.2, 0.25) is 17.7 Å². The van der Waals surface area contributed by atoms with Crippen LogP contribution in [0.25, 0.3) is 0 Å². The van der Waals surface area contributed by atoms with Crippen molar-refractivity contribution in [2.75, 3.05) is 6.54 Å². The number of aliphatic hydroxyl groups excluding tert-OH is 1. The van der Waals surface area contributed by atoms with Gasteiger partial charge in [0.25, 0.3) is 0 Å². The molecule has 3 fully saturated rings. The molecule has 164 valence electrons. The lowest BCUT2D eigenvalue weighted by atomic mass is 9.86. The predicted molar refractivity (Wildman–Crippen MR) is 108 cm³/mol. The third kappa shape index (κ3) is 4.14. The summed E-state index contributed by atoms with van der Waals surface area (Å²) < 4.78 is 0. The summed E-state index contributed by atoms with van der Waals surface area (Å²) >= 11 is 0. The molecular weight excluding hydrogens is 372 g/mol. The minimum atomic E-state index is -1.44. The zero-order valence-corrected chi connectivity index (χ0v) is 18.1. The predicted octanol–water partition coefficient (Wildman–Crippen LogP) is -0.0261. The number of primary amides is 1. The van der Waals surface area contributed by atoms with Gasteiger partial charge in [-0.3, -0.25) is 14.4 Å². The Morgan fingerprint density at radius 2 is 1.83 bits per heavy atom. The maximum atomic E-state index is 13.3. The molecule has 29 heavy (non-hydrogen) atoms. The average molecular weight is 409 g/mol. The lowest BCUT2D eigenvalue weighted by Gasteiger charge is -2.36. The maximum Gasteiger partial charge on any atom is 0.248 e. The van der Waals surface area contributed by atoms with E-state index in [9.17, 15) is 19.5 Å². The first-order chi connectivity index (χ1) is 13.3. The summed E-state index contributed by atoms with van der Waals surface area (Å²) in [6.45, 7) is 10.4. The molecule has 0 bridgehead atoms. The smallest absolute Gasteiger partial charge is 0.248 e. The van der Waals surface area contributed by atoms with Gasteiger partial charge in [0.15, 0.2) is 6.10 Å². The highest BCUT2D eigenvalue weighted by Gasteiger charge is 2.69. The molecule has 8 nitrogen and oxygen atoms in total. The van der Waals surface area contributed by atoms with Gasteiger partial charge in [0.05, 0.1) is 12.1 Å². The van der Waals surface area contributed by atoms with Crippen LogP contribution in [0.2, 0.25) is 0 Å². The van der Waals surface area contributed by atoms with E-state index in [0.29, 0.717) is 18.9 Å². The second-order valence-electron chi connectivity index (χ2n) is 10.9. The Morgan fingerprint density at radius 3 is 2.31 bits per heavy atom. The van der Waals surface area contributed by atoms with Gasteiger partial charge in [-0.05, 0) is 35.0 Å². The van der Waals surface area contributed by atoms with E-state index in [1.165, 1.54) is 0 Å². The van der Waals surface area contributed by atoms with Gasteiger partial charge in [-0.15, -0.1) is 0 Å². The molecule has 6 atom stereocenters. The fourth-order valence-electron chi connectivity index (χ4n) is 4.81. The van der Waals surface area contributed by atoms with Crippen molar-refractivity contribution in [3.63, 3.8) is 0 Å². The Labute approximate surface area is 172 Å². The molecule has 0 radical (unpaired) electrons. The summed E-state index contributed by atoms with van der Waals surface area (Å²) in [5, 5.41) is 13.1. The first kappa shape index (κ1) is 22.0. The maximum absolute atomic E-state index is 13.3.